The van der Waals surface area contributed by atoms with E-state index in [4.69, 9.17) is 9.40 Å². The van der Waals surface area contributed by atoms with Crippen LogP contribution in [0, 0.1) is 0 Å². The average molecular weight is 360 g/mol. The number of aromatic carboxylic acids is 1. The maximum Gasteiger partial charge on any atom is 0.335 e. The summed E-state index contributed by atoms with van der Waals surface area (Å²) in [4.78, 5) is 18.3. The highest BCUT2D eigenvalue weighted by Crippen LogP contribution is 2.37. The van der Waals surface area contributed by atoms with Crippen molar-refractivity contribution in [3.05, 3.63) is 60.4 Å². The summed E-state index contributed by atoms with van der Waals surface area (Å²) in [6, 6.07) is 15.1. The van der Waals surface area contributed by atoms with E-state index in [1.165, 1.54) is 0 Å². The van der Waals surface area contributed by atoms with E-state index in [0.717, 1.165) is 38.8 Å². The third-order valence-corrected chi connectivity index (χ3v) is 4.93. The topological polar surface area (TPSA) is 66.6 Å². The van der Waals surface area contributed by atoms with Gasteiger partial charge in [0.2, 0.25) is 0 Å². The lowest BCUT2D eigenvalue weighted by Gasteiger charge is -2.26. The first-order valence-corrected chi connectivity index (χ1v) is 8.83. The minimum absolute atomic E-state index is 0.254. The van der Waals surface area contributed by atoms with E-state index in [-0.39, 0.29) is 11.6 Å². The van der Waals surface area contributed by atoms with Gasteiger partial charge in [-0.25, -0.2) is 9.78 Å². The van der Waals surface area contributed by atoms with Crippen LogP contribution in [0.15, 0.2) is 59.2 Å². The van der Waals surface area contributed by atoms with Crippen molar-refractivity contribution in [2.24, 2.45) is 0 Å². The van der Waals surface area contributed by atoms with Gasteiger partial charge in [0.15, 0.2) is 0 Å². The molecule has 2 aromatic carbocycles. The zero-order chi connectivity index (χ0) is 19.1. The lowest BCUT2D eigenvalue weighted by molar-refractivity contribution is 0.0697. The number of carbonyl (C=O) groups is 1. The number of rotatable bonds is 4. The van der Waals surface area contributed by atoms with Gasteiger partial charge in [-0.3, -0.25) is 0 Å². The Balaban J connectivity index is 2.01. The fourth-order valence-corrected chi connectivity index (χ4v) is 3.20. The van der Waals surface area contributed by atoms with Crippen molar-refractivity contribution >= 4 is 33.5 Å². The Morgan fingerprint density at radius 3 is 2.67 bits per heavy atom. The van der Waals surface area contributed by atoms with Gasteiger partial charge in [-0.15, -0.1) is 0 Å². The number of pyridine rings is 1. The molecule has 0 spiro atoms. The molecule has 2 aromatic heterocycles. The van der Waals surface area contributed by atoms with Gasteiger partial charge in [0.25, 0.3) is 0 Å². The average Bonchev–Trinajstić information content (AvgIpc) is 3.09. The molecule has 0 saturated carbocycles. The van der Waals surface area contributed by atoms with Gasteiger partial charge in [-0.1, -0.05) is 18.2 Å². The van der Waals surface area contributed by atoms with E-state index in [2.05, 4.69) is 18.7 Å². The molecule has 0 aliphatic heterocycles. The fourth-order valence-electron chi connectivity index (χ4n) is 3.20. The minimum atomic E-state index is -0.944. The lowest BCUT2D eigenvalue weighted by atomic mass is 10.0. The Labute approximate surface area is 156 Å². The second-order valence-electron chi connectivity index (χ2n) is 6.92. The standard InChI is InChI=1S/C22H20N2O3/c1-13(2)24(3)19-11-15-10-14(22(25)26)8-9-18(15)23-21(19)17-12-27-20-7-5-4-6-16(17)20/h4-13H,1-3H3,(H,25,26). The monoisotopic (exact) mass is 360 g/mol. The van der Waals surface area contributed by atoms with Gasteiger partial charge < -0.3 is 14.4 Å². The van der Waals surface area contributed by atoms with Crippen molar-refractivity contribution in [3.63, 3.8) is 0 Å². The molecular formula is C22H20N2O3. The Bertz CT molecular complexity index is 1160. The highest BCUT2D eigenvalue weighted by atomic mass is 16.4. The molecule has 4 rings (SSSR count). The van der Waals surface area contributed by atoms with E-state index < -0.39 is 5.97 Å². The number of carboxylic acid groups (broad SMARTS) is 1. The van der Waals surface area contributed by atoms with Gasteiger partial charge in [-0.05, 0) is 44.2 Å². The van der Waals surface area contributed by atoms with Crippen molar-refractivity contribution in [2.45, 2.75) is 19.9 Å². The number of hydrogen-bond donors (Lipinski definition) is 1. The van der Waals surface area contributed by atoms with Crippen LogP contribution in [-0.2, 0) is 0 Å². The number of carboxylic acids is 1. The first-order chi connectivity index (χ1) is 13.0. The van der Waals surface area contributed by atoms with Crippen molar-refractivity contribution in [3.8, 4) is 11.3 Å². The summed E-state index contributed by atoms with van der Waals surface area (Å²) in [6.07, 6.45) is 1.74. The van der Waals surface area contributed by atoms with Gasteiger partial charge in [0.1, 0.15) is 11.8 Å². The number of furan rings is 1. The zero-order valence-corrected chi connectivity index (χ0v) is 15.4. The highest BCUT2D eigenvalue weighted by Gasteiger charge is 2.19. The number of aromatic nitrogens is 1. The molecule has 5 heteroatoms. The van der Waals surface area contributed by atoms with E-state index in [1.807, 2.05) is 37.4 Å². The molecule has 0 atom stereocenters. The van der Waals surface area contributed by atoms with Crippen molar-refractivity contribution in [1.82, 2.24) is 4.98 Å². The van der Waals surface area contributed by atoms with Crippen LogP contribution in [0.25, 0.3) is 33.1 Å². The Morgan fingerprint density at radius 1 is 1.15 bits per heavy atom. The summed E-state index contributed by atoms with van der Waals surface area (Å²) in [5, 5.41) is 11.1. The smallest absolute Gasteiger partial charge is 0.335 e. The summed E-state index contributed by atoms with van der Waals surface area (Å²) >= 11 is 0. The molecule has 0 bridgehead atoms. The summed E-state index contributed by atoms with van der Waals surface area (Å²) < 4.78 is 5.73. The maximum atomic E-state index is 11.3. The third-order valence-electron chi connectivity index (χ3n) is 4.93. The molecule has 136 valence electrons. The normalized spacial score (nSPS) is 11.4. The molecule has 27 heavy (non-hydrogen) atoms. The zero-order valence-electron chi connectivity index (χ0n) is 15.4. The minimum Gasteiger partial charge on any atom is -0.478 e. The predicted molar refractivity (Wildman–Crippen MR) is 107 cm³/mol. The van der Waals surface area contributed by atoms with Crippen molar-refractivity contribution in [2.75, 3.05) is 11.9 Å². The predicted octanol–water partition coefficient (Wildman–Crippen LogP) is 5.19. The van der Waals surface area contributed by atoms with Crippen LogP contribution in [0.1, 0.15) is 24.2 Å². The second-order valence-corrected chi connectivity index (χ2v) is 6.92. The SMILES string of the molecule is CC(C)N(C)c1cc2cc(C(=O)O)ccc2nc1-c1coc2ccccc12. The number of fused-ring (bicyclic) bond motifs is 2. The molecule has 4 aromatic rings. The number of para-hydroxylation sites is 1. The fraction of sp³-hybridized carbons (Fsp3) is 0.182. The molecule has 2 heterocycles. The number of benzene rings is 2. The first kappa shape index (κ1) is 17.1. The second kappa shape index (κ2) is 6.43. The van der Waals surface area contributed by atoms with Gasteiger partial charge >= 0.3 is 5.97 Å². The van der Waals surface area contributed by atoms with Crippen LogP contribution >= 0.6 is 0 Å². The molecule has 0 aliphatic carbocycles. The molecular weight excluding hydrogens is 340 g/mol. The Morgan fingerprint density at radius 2 is 1.93 bits per heavy atom. The van der Waals surface area contributed by atoms with Gasteiger partial charge in [0, 0.05) is 29.4 Å². The van der Waals surface area contributed by atoms with E-state index in [9.17, 15) is 9.90 Å². The maximum absolute atomic E-state index is 11.3. The highest BCUT2D eigenvalue weighted by molar-refractivity contribution is 6.00. The van der Waals surface area contributed by atoms with Crippen LogP contribution < -0.4 is 4.90 Å². The van der Waals surface area contributed by atoms with E-state index in [0.29, 0.717) is 0 Å². The molecule has 5 nitrogen and oxygen atoms in total. The quantitative estimate of drug-likeness (QED) is 0.542. The van der Waals surface area contributed by atoms with Crippen LogP contribution in [-0.4, -0.2) is 29.1 Å². The summed E-state index contributed by atoms with van der Waals surface area (Å²) in [5.74, 6) is -0.944. The van der Waals surface area contributed by atoms with Crippen LogP contribution in [0.5, 0.6) is 0 Å². The molecule has 0 saturated heterocycles. The number of anilines is 1. The molecule has 0 radical (unpaired) electrons. The van der Waals surface area contributed by atoms with Crippen LogP contribution in [0.2, 0.25) is 0 Å². The van der Waals surface area contributed by atoms with E-state index >= 15 is 0 Å². The first-order valence-electron chi connectivity index (χ1n) is 8.83. The molecule has 1 N–H and O–H groups in total. The van der Waals surface area contributed by atoms with Crippen molar-refractivity contribution < 1.29 is 14.3 Å². The Kier molecular flexibility index (Phi) is 4.07. The molecule has 0 unspecified atom stereocenters. The Hall–Kier alpha value is -3.34. The summed E-state index contributed by atoms with van der Waals surface area (Å²) in [7, 11) is 2.01. The van der Waals surface area contributed by atoms with Gasteiger partial charge in [-0.2, -0.15) is 0 Å². The number of hydrogen-bond acceptors (Lipinski definition) is 4. The van der Waals surface area contributed by atoms with E-state index in [1.54, 1.807) is 24.5 Å². The largest absolute Gasteiger partial charge is 0.478 e. The summed E-state index contributed by atoms with van der Waals surface area (Å²) in [6.45, 7) is 4.21. The molecule has 0 amide bonds. The third kappa shape index (κ3) is 2.91. The molecule has 0 aliphatic rings. The van der Waals surface area contributed by atoms with Gasteiger partial charge in [0.05, 0.1) is 22.5 Å². The summed E-state index contributed by atoms with van der Waals surface area (Å²) in [5.41, 5.74) is 4.51. The lowest BCUT2D eigenvalue weighted by Crippen LogP contribution is -2.26. The molecule has 0 fully saturated rings. The van der Waals surface area contributed by atoms with Crippen molar-refractivity contribution in [1.29, 1.82) is 0 Å². The number of nitrogens with zero attached hydrogens (tertiary/aromatic N) is 2. The van der Waals surface area contributed by atoms with Crippen LogP contribution in [0.3, 0.4) is 0 Å². The van der Waals surface area contributed by atoms with Crippen LogP contribution in [0.4, 0.5) is 5.69 Å².